The van der Waals surface area contributed by atoms with Crippen LogP contribution in [0.3, 0.4) is 0 Å². The van der Waals surface area contributed by atoms with Crippen LogP contribution in [0.1, 0.15) is 125 Å². The Morgan fingerprint density at radius 1 is 0.963 bits per heavy atom. The summed E-state index contributed by atoms with van der Waals surface area (Å²) in [6.45, 7) is 24.0. The Hall–Kier alpha value is -3.30. The van der Waals surface area contributed by atoms with E-state index in [1.54, 1.807) is 0 Å². The number of para-hydroxylation sites is 2. The lowest BCUT2D eigenvalue weighted by molar-refractivity contribution is -0.433. The molecule has 0 aromatic heterocycles. The maximum Gasteiger partial charge on any atom is 0.222 e. The fourth-order valence-electron chi connectivity index (χ4n) is 8.99. The summed E-state index contributed by atoms with van der Waals surface area (Å²) in [6.07, 6.45) is 14.9. The van der Waals surface area contributed by atoms with Gasteiger partial charge in [-0.05, 0) is 98.3 Å². The molecular weight excluding hydrogens is 686 g/mol. The molecule has 2 aromatic carbocycles. The summed E-state index contributed by atoms with van der Waals surface area (Å²) < 4.78 is 11.7. The van der Waals surface area contributed by atoms with Gasteiger partial charge in [0.15, 0.2) is 5.71 Å². The predicted molar refractivity (Wildman–Crippen MR) is 227 cm³/mol. The van der Waals surface area contributed by atoms with E-state index in [1.807, 2.05) is 0 Å². The third-order valence-corrected chi connectivity index (χ3v) is 14.4. The van der Waals surface area contributed by atoms with Gasteiger partial charge in [-0.15, -0.1) is 0 Å². The van der Waals surface area contributed by atoms with Crippen molar-refractivity contribution < 1.29 is 13.9 Å². The van der Waals surface area contributed by atoms with E-state index >= 15 is 0 Å². The van der Waals surface area contributed by atoms with Gasteiger partial charge in [-0.25, -0.2) is 0 Å². The van der Waals surface area contributed by atoms with Crippen molar-refractivity contribution in [2.24, 2.45) is 0 Å². The van der Waals surface area contributed by atoms with Gasteiger partial charge in [-0.1, -0.05) is 62.7 Å². The molecule has 1 fully saturated rings. The quantitative estimate of drug-likeness (QED) is 0.0915. The van der Waals surface area contributed by atoms with Gasteiger partial charge in [0, 0.05) is 85.2 Å². The highest BCUT2D eigenvalue weighted by atomic mass is 31.2. The second-order valence-corrected chi connectivity index (χ2v) is 18.7. The van der Waals surface area contributed by atoms with Gasteiger partial charge in [0.25, 0.3) is 0 Å². The van der Waals surface area contributed by atoms with Gasteiger partial charge in [0.1, 0.15) is 14.8 Å². The van der Waals surface area contributed by atoms with Gasteiger partial charge in [-0.2, -0.15) is 9.84 Å². The van der Waals surface area contributed by atoms with Crippen LogP contribution in [0.4, 0.5) is 11.4 Å². The Bertz CT molecular complexity index is 1720. The molecule has 3 heterocycles. The SMILES string of the molecule is CC[N+]1=C(/C=C/C=C2/N(CCCCCC(=O)N3CCC(OP(CCCC#N)N(C(C)C)C(C)C)CC3)c3ccccc3C2(C)C)C(C)(C)c2ccccc21. The molecule has 1 unspecified atom stereocenters. The Morgan fingerprint density at radius 2 is 1.63 bits per heavy atom. The summed E-state index contributed by atoms with van der Waals surface area (Å²) in [6, 6.07) is 20.8. The molecule has 5 rings (SSSR count). The number of fused-ring (bicyclic) bond motifs is 2. The summed E-state index contributed by atoms with van der Waals surface area (Å²) in [7, 11) is -0.768. The summed E-state index contributed by atoms with van der Waals surface area (Å²) in [5.41, 5.74) is 7.90. The van der Waals surface area contributed by atoms with Gasteiger partial charge in [0.2, 0.25) is 11.6 Å². The predicted octanol–water partition coefficient (Wildman–Crippen LogP) is 10.6. The molecule has 2 aromatic rings. The van der Waals surface area contributed by atoms with E-state index in [9.17, 15) is 4.79 Å². The highest BCUT2D eigenvalue weighted by molar-refractivity contribution is 7.50. The number of nitriles is 1. The number of hydrogen-bond donors (Lipinski definition) is 0. The molecule has 3 aliphatic heterocycles. The lowest BCUT2D eigenvalue weighted by Gasteiger charge is -2.41. The fourth-order valence-corrected chi connectivity index (χ4v) is 11.4. The first-order chi connectivity index (χ1) is 25.8. The molecule has 0 N–H and O–H groups in total. The van der Waals surface area contributed by atoms with Gasteiger partial charge in [0.05, 0.1) is 17.6 Å². The van der Waals surface area contributed by atoms with Crippen molar-refractivity contribution in [3.05, 3.63) is 83.6 Å². The summed E-state index contributed by atoms with van der Waals surface area (Å²) >= 11 is 0. The molecule has 8 heteroatoms. The zero-order chi connectivity index (χ0) is 39.0. The zero-order valence-electron chi connectivity index (χ0n) is 34.8. The number of nitrogens with zero attached hydrogens (tertiary/aromatic N) is 5. The van der Waals surface area contributed by atoms with Crippen molar-refractivity contribution in [2.45, 2.75) is 143 Å². The lowest BCUT2D eigenvalue weighted by Crippen LogP contribution is -2.41. The number of likely N-dealkylation sites (tertiary alicyclic amines) is 1. The Balaban J connectivity index is 1.15. The molecule has 7 nitrogen and oxygen atoms in total. The molecular formula is C46H67N5O2P+. The molecule has 0 bridgehead atoms. The minimum atomic E-state index is -0.768. The number of allylic oxidation sites excluding steroid dienone is 4. The first-order valence-electron chi connectivity index (χ1n) is 20.7. The van der Waals surface area contributed by atoms with E-state index in [2.05, 4.69) is 154 Å². The first kappa shape index (κ1) is 41.9. The van der Waals surface area contributed by atoms with Crippen LogP contribution in [0.5, 0.6) is 0 Å². The minimum absolute atomic E-state index is 0.0534. The molecule has 1 amide bonds. The van der Waals surface area contributed by atoms with E-state index < -0.39 is 8.30 Å². The van der Waals surface area contributed by atoms with Crippen LogP contribution in [0.2, 0.25) is 0 Å². The molecule has 54 heavy (non-hydrogen) atoms. The van der Waals surface area contributed by atoms with Crippen molar-refractivity contribution in [1.29, 1.82) is 5.26 Å². The number of carbonyl (C=O) groups is 1. The van der Waals surface area contributed by atoms with Crippen LogP contribution in [-0.4, -0.2) is 76.3 Å². The lowest BCUT2D eigenvalue weighted by atomic mass is 9.81. The molecule has 0 radical (unpaired) electrons. The largest absolute Gasteiger partial charge is 0.344 e. The number of benzene rings is 2. The average molecular weight is 753 g/mol. The van der Waals surface area contributed by atoms with Gasteiger partial charge in [-0.3, -0.25) is 9.46 Å². The average Bonchev–Trinajstić information content (AvgIpc) is 3.49. The van der Waals surface area contributed by atoms with Crippen LogP contribution >= 0.6 is 8.30 Å². The number of piperidine rings is 1. The molecule has 3 aliphatic rings. The molecule has 0 saturated carbocycles. The van der Waals surface area contributed by atoms with E-state index in [0.717, 1.165) is 70.9 Å². The van der Waals surface area contributed by atoms with E-state index in [4.69, 9.17) is 9.79 Å². The first-order valence-corrected chi connectivity index (χ1v) is 22.1. The zero-order valence-corrected chi connectivity index (χ0v) is 35.7. The molecule has 292 valence electrons. The standard InChI is InChI=1S/C46H67N5O2P/c1-10-49-40-23-15-13-21-38(40)45(6,7)42(49)25-20-26-43-46(8,9)39-22-14-16-24-41(39)50(43)31-18-11-12-27-44(52)48-32-28-37(29-33-48)53-54(34-19-17-30-47)51(35(2)3)36(4)5/h13-16,20-26,35-37H,10-12,17-19,27-29,31-34H2,1-9H3/q+1. The highest BCUT2D eigenvalue weighted by Crippen LogP contribution is 2.49. The highest BCUT2D eigenvalue weighted by Gasteiger charge is 2.44. The number of rotatable bonds is 17. The second kappa shape index (κ2) is 18.6. The topological polar surface area (TPSA) is 62.8 Å². The number of anilines is 1. The summed E-state index contributed by atoms with van der Waals surface area (Å²) in [5.74, 6) is 0.282. The fraction of sp³-hybridized carbons (Fsp3) is 0.587. The Kier molecular flexibility index (Phi) is 14.4. The van der Waals surface area contributed by atoms with Crippen LogP contribution in [0.25, 0.3) is 0 Å². The van der Waals surface area contributed by atoms with Crippen LogP contribution in [-0.2, 0) is 20.1 Å². The normalized spacial score (nSPS) is 19.4. The molecule has 1 saturated heterocycles. The van der Waals surface area contributed by atoms with E-state index in [-0.39, 0.29) is 22.8 Å². The molecule has 1 atom stereocenters. The minimum Gasteiger partial charge on any atom is -0.344 e. The van der Waals surface area contributed by atoms with Crippen molar-refractivity contribution in [3.63, 3.8) is 0 Å². The van der Waals surface area contributed by atoms with Crippen molar-refractivity contribution in [2.75, 3.05) is 37.2 Å². The maximum absolute atomic E-state index is 13.3. The Labute approximate surface area is 328 Å². The molecule has 0 aliphatic carbocycles. The Morgan fingerprint density at radius 3 is 2.30 bits per heavy atom. The smallest absolute Gasteiger partial charge is 0.222 e. The van der Waals surface area contributed by atoms with Crippen LogP contribution in [0.15, 0.2) is 72.5 Å². The van der Waals surface area contributed by atoms with Gasteiger partial charge >= 0.3 is 0 Å². The monoisotopic (exact) mass is 753 g/mol. The van der Waals surface area contributed by atoms with Crippen LogP contribution in [0, 0.1) is 11.3 Å². The third-order valence-electron chi connectivity index (χ3n) is 11.7. The number of unbranched alkanes of at least 4 members (excludes halogenated alkanes) is 3. The van der Waals surface area contributed by atoms with Gasteiger partial charge < -0.3 is 14.3 Å². The summed E-state index contributed by atoms with van der Waals surface area (Å²) in [5, 5.41) is 9.11. The summed E-state index contributed by atoms with van der Waals surface area (Å²) in [4.78, 5) is 17.9. The molecule has 0 spiro atoms. The van der Waals surface area contributed by atoms with E-state index in [1.165, 1.54) is 33.9 Å². The van der Waals surface area contributed by atoms with Crippen molar-refractivity contribution in [3.8, 4) is 6.07 Å². The maximum atomic E-state index is 13.3. The third kappa shape index (κ3) is 9.21. The van der Waals surface area contributed by atoms with E-state index in [0.29, 0.717) is 24.9 Å². The second-order valence-electron chi connectivity index (χ2n) is 16.9. The number of hydrogen-bond acceptors (Lipinski definition) is 5. The van der Waals surface area contributed by atoms with Crippen molar-refractivity contribution >= 4 is 31.3 Å². The number of amides is 1. The van der Waals surface area contributed by atoms with Crippen molar-refractivity contribution in [1.82, 2.24) is 9.57 Å². The number of carbonyl (C=O) groups excluding carboxylic acids is 1. The van der Waals surface area contributed by atoms with Crippen LogP contribution < -0.4 is 4.90 Å².